The highest BCUT2D eigenvalue weighted by molar-refractivity contribution is 5.78. The Morgan fingerprint density at radius 2 is 2.60 bits per heavy atom. The summed E-state index contributed by atoms with van der Waals surface area (Å²) in [6.07, 6.45) is 4.08. The molecule has 1 saturated heterocycles. The maximum atomic E-state index is 11.8. The Balaban J connectivity index is 1.90. The third kappa shape index (κ3) is 2.56. The molecule has 1 aliphatic heterocycles. The zero-order chi connectivity index (χ0) is 10.7. The van der Waals surface area contributed by atoms with Gasteiger partial charge in [0.2, 0.25) is 5.91 Å². The molecule has 1 aromatic heterocycles. The Morgan fingerprint density at radius 3 is 3.27 bits per heavy atom. The van der Waals surface area contributed by atoms with Crippen LogP contribution < -0.4 is 5.73 Å². The Labute approximate surface area is 88.6 Å². The Hall–Kier alpha value is -1.36. The second kappa shape index (κ2) is 4.44. The molecule has 0 bridgehead atoms. The average molecular weight is 208 g/mol. The number of hydrogen-bond donors (Lipinski definition) is 2. The summed E-state index contributed by atoms with van der Waals surface area (Å²) < 4.78 is 0. The first kappa shape index (κ1) is 10.2. The molecular weight excluding hydrogens is 192 g/mol. The lowest BCUT2D eigenvalue weighted by atomic mass is 10.1. The van der Waals surface area contributed by atoms with Crippen molar-refractivity contribution in [3.63, 3.8) is 0 Å². The number of carbonyl (C=O) groups is 1. The molecule has 1 unspecified atom stereocenters. The fourth-order valence-electron chi connectivity index (χ4n) is 1.89. The summed E-state index contributed by atoms with van der Waals surface area (Å²) in [7, 11) is 0. The molecule has 0 saturated carbocycles. The van der Waals surface area contributed by atoms with Crippen molar-refractivity contribution < 1.29 is 4.79 Å². The topological polar surface area (TPSA) is 75.0 Å². The molecule has 0 aromatic carbocycles. The molecule has 5 heteroatoms. The standard InChI is InChI=1S/C10H16N4O/c11-8-2-1-5-14(7-8)10(15)6-9-3-4-12-13-9/h3-4,8H,1-2,5-7,11H2,(H,12,13). The number of H-pyrrole nitrogens is 1. The minimum absolute atomic E-state index is 0.134. The third-order valence-corrected chi connectivity index (χ3v) is 2.71. The maximum Gasteiger partial charge on any atom is 0.228 e. The van der Waals surface area contributed by atoms with E-state index in [2.05, 4.69) is 10.2 Å². The van der Waals surface area contributed by atoms with Gasteiger partial charge in [-0.1, -0.05) is 0 Å². The molecule has 1 amide bonds. The number of nitrogens with two attached hydrogens (primary N) is 1. The van der Waals surface area contributed by atoms with Gasteiger partial charge in [-0.15, -0.1) is 0 Å². The third-order valence-electron chi connectivity index (χ3n) is 2.71. The van der Waals surface area contributed by atoms with Gasteiger partial charge in [0.1, 0.15) is 0 Å². The summed E-state index contributed by atoms with van der Waals surface area (Å²) in [6.45, 7) is 1.52. The van der Waals surface area contributed by atoms with Crippen molar-refractivity contribution in [2.75, 3.05) is 13.1 Å². The highest BCUT2D eigenvalue weighted by atomic mass is 16.2. The molecule has 0 spiro atoms. The van der Waals surface area contributed by atoms with E-state index in [9.17, 15) is 4.79 Å². The molecule has 0 aliphatic carbocycles. The molecule has 2 heterocycles. The molecule has 3 N–H and O–H groups in total. The van der Waals surface area contributed by atoms with Crippen molar-refractivity contribution >= 4 is 5.91 Å². The largest absolute Gasteiger partial charge is 0.341 e. The summed E-state index contributed by atoms with van der Waals surface area (Å²) >= 11 is 0. The van der Waals surface area contributed by atoms with Crippen molar-refractivity contribution in [3.05, 3.63) is 18.0 Å². The number of hydrogen-bond acceptors (Lipinski definition) is 3. The van der Waals surface area contributed by atoms with E-state index in [1.807, 2.05) is 11.0 Å². The van der Waals surface area contributed by atoms with E-state index < -0.39 is 0 Å². The van der Waals surface area contributed by atoms with Crippen LogP contribution in [0.15, 0.2) is 12.3 Å². The second-order valence-corrected chi connectivity index (χ2v) is 4.00. The Bertz CT molecular complexity index is 322. The first-order valence-electron chi connectivity index (χ1n) is 5.27. The maximum absolute atomic E-state index is 11.8. The van der Waals surface area contributed by atoms with Gasteiger partial charge in [-0.3, -0.25) is 9.89 Å². The van der Waals surface area contributed by atoms with E-state index in [4.69, 9.17) is 5.73 Å². The van der Waals surface area contributed by atoms with Gasteiger partial charge in [0.15, 0.2) is 0 Å². The summed E-state index contributed by atoms with van der Waals surface area (Å²) in [4.78, 5) is 13.7. The van der Waals surface area contributed by atoms with Crippen LogP contribution in [0.25, 0.3) is 0 Å². The number of likely N-dealkylation sites (tertiary alicyclic amines) is 1. The normalized spacial score (nSPS) is 21.7. The number of amides is 1. The van der Waals surface area contributed by atoms with Crippen molar-refractivity contribution in [1.29, 1.82) is 0 Å². The lowest BCUT2D eigenvalue weighted by Gasteiger charge is -2.30. The number of carbonyl (C=O) groups excluding carboxylic acids is 1. The first-order valence-corrected chi connectivity index (χ1v) is 5.27. The summed E-state index contributed by atoms with van der Waals surface area (Å²) in [5, 5.41) is 6.60. The van der Waals surface area contributed by atoms with Gasteiger partial charge in [0, 0.05) is 31.0 Å². The zero-order valence-electron chi connectivity index (χ0n) is 8.65. The number of nitrogens with one attached hydrogen (secondary N) is 1. The lowest BCUT2D eigenvalue weighted by Crippen LogP contribution is -2.46. The van der Waals surface area contributed by atoms with Crippen LogP contribution in [-0.2, 0) is 11.2 Å². The molecular formula is C10H16N4O. The Kier molecular flexibility index (Phi) is 3.01. The van der Waals surface area contributed by atoms with Gasteiger partial charge in [0.05, 0.1) is 6.42 Å². The molecule has 0 radical (unpaired) electrons. The van der Waals surface area contributed by atoms with Gasteiger partial charge >= 0.3 is 0 Å². The molecule has 1 aromatic rings. The van der Waals surface area contributed by atoms with Crippen LogP contribution in [0.3, 0.4) is 0 Å². The molecule has 82 valence electrons. The molecule has 5 nitrogen and oxygen atoms in total. The SMILES string of the molecule is NC1CCCN(C(=O)Cc2ccn[nH]2)C1. The predicted octanol–water partition coefficient (Wildman–Crippen LogP) is -0.0981. The van der Waals surface area contributed by atoms with E-state index in [-0.39, 0.29) is 11.9 Å². The van der Waals surface area contributed by atoms with Gasteiger partial charge in [-0.25, -0.2) is 0 Å². The number of piperidine rings is 1. The second-order valence-electron chi connectivity index (χ2n) is 4.00. The van der Waals surface area contributed by atoms with Crippen LogP contribution in [0.1, 0.15) is 18.5 Å². The van der Waals surface area contributed by atoms with Crippen LogP contribution in [0.4, 0.5) is 0 Å². The monoisotopic (exact) mass is 208 g/mol. The van der Waals surface area contributed by atoms with Crippen LogP contribution in [-0.4, -0.2) is 40.1 Å². The quantitative estimate of drug-likeness (QED) is 0.712. The highest BCUT2D eigenvalue weighted by Gasteiger charge is 2.21. The minimum Gasteiger partial charge on any atom is -0.341 e. The summed E-state index contributed by atoms with van der Waals surface area (Å²) in [5.41, 5.74) is 6.68. The van der Waals surface area contributed by atoms with Gasteiger partial charge < -0.3 is 10.6 Å². The van der Waals surface area contributed by atoms with Gasteiger partial charge in [-0.2, -0.15) is 5.10 Å². The van der Waals surface area contributed by atoms with Crippen LogP contribution in [0.2, 0.25) is 0 Å². The molecule has 1 fully saturated rings. The van der Waals surface area contributed by atoms with Crippen LogP contribution in [0.5, 0.6) is 0 Å². The highest BCUT2D eigenvalue weighted by Crippen LogP contribution is 2.09. The van der Waals surface area contributed by atoms with Crippen LogP contribution >= 0.6 is 0 Å². The van der Waals surface area contributed by atoms with E-state index in [1.165, 1.54) is 0 Å². The zero-order valence-corrected chi connectivity index (χ0v) is 8.65. The molecule has 2 rings (SSSR count). The number of aromatic nitrogens is 2. The average Bonchev–Trinajstić information content (AvgIpc) is 2.70. The molecule has 15 heavy (non-hydrogen) atoms. The van der Waals surface area contributed by atoms with Crippen molar-refractivity contribution in [2.24, 2.45) is 5.73 Å². The van der Waals surface area contributed by atoms with Gasteiger partial charge in [-0.05, 0) is 18.9 Å². The number of nitrogens with zero attached hydrogens (tertiary/aromatic N) is 2. The van der Waals surface area contributed by atoms with Crippen molar-refractivity contribution in [2.45, 2.75) is 25.3 Å². The molecule has 1 atom stereocenters. The van der Waals surface area contributed by atoms with Gasteiger partial charge in [0.25, 0.3) is 0 Å². The number of rotatable bonds is 2. The smallest absolute Gasteiger partial charge is 0.228 e. The number of aromatic amines is 1. The lowest BCUT2D eigenvalue weighted by molar-refractivity contribution is -0.131. The van der Waals surface area contributed by atoms with E-state index in [0.29, 0.717) is 13.0 Å². The molecule has 1 aliphatic rings. The fourth-order valence-corrected chi connectivity index (χ4v) is 1.89. The van der Waals surface area contributed by atoms with E-state index in [0.717, 1.165) is 25.1 Å². The van der Waals surface area contributed by atoms with E-state index >= 15 is 0 Å². The first-order chi connectivity index (χ1) is 7.25. The Morgan fingerprint density at radius 1 is 1.73 bits per heavy atom. The fraction of sp³-hybridized carbons (Fsp3) is 0.600. The summed E-state index contributed by atoms with van der Waals surface area (Å²) in [6, 6.07) is 1.96. The van der Waals surface area contributed by atoms with Crippen LogP contribution in [0, 0.1) is 0 Å². The summed E-state index contributed by atoms with van der Waals surface area (Å²) in [5.74, 6) is 0.134. The van der Waals surface area contributed by atoms with E-state index in [1.54, 1.807) is 6.20 Å². The minimum atomic E-state index is 0.134. The van der Waals surface area contributed by atoms with Crippen molar-refractivity contribution in [3.8, 4) is 0 Å². The predicted molar refractivity (Wildman–Crippen MR) is 56.1 cm³/mol. The van der Waals surface area contributed by atoms with Crippen molar-refractivity contribution in [1.82, 2.24) is 15.1 Å².